The molecule has 148 valence electrons. The molecule has 1 N–H and O–H groups in total. The maximum atomic E-state index is 13.3. The van der Waals surface area contributed by atoms with Crippen LogP contribution in [0.15, 0.2) is 48.9 Å². The SMILES string of the molecule is Cc1cc(N2C[C@H](C)n3ccc(C(=O)Nc4cnccc4C)c3C2=O)ccc1Cl. The van der Waals surface area contributed by atoms with Gasteiger partial charge in [-0.05, 0) is 62.2 Å². The van der Waals surface area contributed by atoms with Crippen LogP contribution in [-0.4, -0.2) is 27.9 Å². The van der Waals surface area contributed by atoms with Gasteiger partial charge in [0.05, 0.1) is 17.4 Å². The molecule has 0 spiro atoms. The fraction of sp³-hybridized carbons (Fsp3) is 0.227. The predicted octanol–water partition coefficient (Wildman–Crippen LogP) is 4.63. The van der Waals surface area contributed by atoms with Crippen LogP contribution in [0.1, 0.15) is 44.9 Å². The Morgan fingerprint density at radius 3 is 2.72 bits per heavy atom. The Morgan fingerprint density at radius 1 is 1.21 bits per heavy atom. The average molecular weight is 409 g/mol. The van der Waals surface area contributed by atoms with Gasteiger partial charge in [-0.15, -0.1) is 0 Å². The molecule has 0 saturated carbocycles. The summed E-state index contributed by atoms with van der Waals surface area (Å²) in [6, 6.07) is 9.06. The lowest BCUT2D eigenvalue weighted by Crippen LogP contribution is -2.43. The van der Waals surface area contributed by atoms with Crippen molar-refractivity contribution < 1.29 is 9.59 Å². The molecule has 29 heavy (non-hydrogen) atoms. The minimum Gasteiger partial charge on any atom is -0.338 e. The smallest absolute Gasteiger partial charge is 0.275 e. The number of carbonyl (C=O) groups excluding carboxylic acids is 2. The van der Waals surface area contributed by atoms with Crippen molar-refractivity contribution in [3.63, 3.8) is 0 Å². The van der Waals surface area contributed by atoms with Crippen LogP contribution in [0.25, 0.3) is 0 Å². The predicted molar refractivity (Wildman–Crippen MR) is 114 cm³/mol. The number of hydrogen-bond donors (Lipinski definition) is 1. The van der Waals surface area contributed by atoms with Crippen molar-refractivity contribution in [1.82, 2.24) is 9.55 Å². The number of aryl methyl sites for hydroxylation is 2. The molecular weight excluding hydrogens is 388 g/mol. The van der Waals surface area contributed by atoms with E-state index < -0.39 is 0 Å². The summed E-state index contributed by atoms with van der Waals surface area (Å²) in [7, 11) is 0. The van der Waals surface area contributed by atoms with Crippen LogP contribution in [0.4, 0.5) is 11.4 Å². The lowest BCUT2D eigenvalue weighted by atomic mass is 10.1. The second-order valence-corrected chi connectivity index (χ2v) is 7.74. The van der Waals surface area contributed by atoms with Gasteiger partial charge in [-0.2, -0.15) is 0 Å². The number of aromatic nitrogens is 2. The molecule has 0 bridgehead atoms. The Morgan fingerprint density at radius 2 is 2.00 bits per heavy atom. The number of amides is 2. The number of nitrogens with one attached hydrogen (secondary N) is 1. The van der Waals surface area contributed by atoms with Crippen molar-refractivity contribution in [2.45, 2.75) is 26.8 Å². The standard InChI is InChI=1S/C22H21ClN4O2/c1-13-6-8-24-11-19(13)25-21(28)17-7-9-26-15(3)12-27(22(29)20(17)26)16-4-5-18(23)14(2)10-16/h4-11,15H,12H2,1-3H3,(H,25,28)/t15-/m0/s1. The van der Waals surface area contributed by atoms with Crippen molar-refractivity contribution in [2.75, 3.05) is 16.8 Å². The normalized spacial score (nSPS) is 15.9. The molecule has 3 aromatic rings. The largest absolute Gasteiger partial charge is 0.338 e. The zero-order chi connectivity index (χ0) is 20.7. The molecule has 4 rings (SSSR count). The molecule has 2 aromatic heterocycles. The summed E-state index contributed by atoms with van der Waals surface area (Å²) in [5.74, 6) is -0.535. The molecule has 2 amide bonds. The molecule has 0 fully saturated rings. The van der Waals surface area contributed by atoms with Gasteiger partial charge in [0.2, 0.25) is 0 Å². The van der Waals surface area contributed by atoms with Gasteiger partial charge in [0.25, 0.3) is 11.8 Å². The van der Waals surface area contributed by atoms with Crippen LogP contribution in [0.2, 0.25) is 5.02 Å². The first-order valence-corrected chi connectivity index (χ1v) is 9.75. The minimum absolute atomic E-state index is 0.0281. The van der Waals surface area contributed by atoms with E-state index in [-0.39, 0.29) is 17.9 Å². The molecule has 0 unspecified atom stereocenters. The van der Waals surface area contributed by atoms with Gasteiger partial charge >= 0.3 is 0 Å². The van der Waals surface area contributed by atoms with Crippen LogP contribution in [-0.2, 0) is 0 Å². The molecule has 0 saturated heterocycles. The molecule has 6 nitrogen and oxygen atoms in total. The number of pyridine rings is 1. The van der Waals surface area contributed by atoms with Crippen LogP contribution >= 0.6 is 11.6 Å². The van der Waals surface area contributed by atoms with Crippen molar-refractivity contribution >= 4 is 34.8 Å². The summed E-state index contributed by atoms with van der Waals surface area (Å²) in [4.78, 5) is 32.1. The van der Waals surface area contributed by atoms with E-state index >= 15 is 0 Å². The number of carbonyl (C=O) groups is 2. The number of hydrogen-bond acceptors (Lipinski definition) is 3. The van der Waals surface area contributed by atoms with E-state index in [2.05, 4.69) is 10.3 Å². The number of benzene rings is 1. The molecular formula is C22H21ClN4O2. The van der Waals surface area contributed by atoms with E-state index in [1.165, 1.54) is 0 Å². The van der Waals surface area contributed by atoms with E-state index in [1.807, 2.05) is 43.5 Å². The highest BCUT2D eigenvalue weighted by Crippen LogP contribution is 2.31. The third-order valence-corrected chi connectivity index (χ3v) is 5.69. The Balaban J connectivity index is 1.70. The van der Waals surface area contributed by atoms with Gasteiger partial charge in [-0.25, -0.2) is 0 Å². The topological polar surface area (TPSA) is 67.2 Å². The summed E-state index contributed by atoms with van der Waals surface area (Å²) >= 11 is 6.14. The second-order valence-electron chi connectivity index (χ2n) is 7.33. The van der Waals surface area contributed by atoms with E-state index in [0.29, 0.717) is 28.5 Å². The number of fused-ring (bicyclic) bond motifs is 1. The van der Waals surface area contributed by atoms with Gasteiger partial charge in [-0.3, -0.25) is 14.6 Å². The van der Waals surface area contributed by atoms with E-state index in [9.17, 15) is 9.59 Å². The Bertz CT molecular complexity index is 1120. The third-order valence-electron chi connectivity index (χ3n) is 5.27. The molecule has 1 aliphatic heterocycles. The lowest BCUT2D eigenvalue weighted by Gasteiger charge is -2.33. The first-order valence-electron chi connectivity index (χ1n) is 9.37. The summed E-state index contributed by atoms with van der Waals surface area (Å²) in [5, 5.41) is 3.52. The van der Waals surface area contributed by atoms with Crippen molar-refractivity contribution in [2.24, 2.45) is 0 Å². The van der Waals surface area contributed by atoms with E-state index in [4.69, 9.17) is 11.6 Å². The second kappa shape index (κ2) is 7.37. The van der Waals surface area contributed by atoms with Gasteiger partial charge in [0, 0.05) is 35.7 Å². The molecule has 3 heterocycles. The summed E-state index contributed by atoms with van der Waals surface area (Å²) < 4.78 is 1.87. The molecule has 1 aliphatic rings. The summed E-state index contributed by atoms with van der Waals surface area (Å²) in [5.41, 5.74) is 3.93. The molecule has 7 heteroatoms. The highest BCUT2D eigenvalue weighted by atomic mass is 35.5. The first-order chi connectivity index (χ1) is 13.9. The van der Waals surface area contributed by atoms with Crippen molar-refractivity contribution in [3.05, 3.63) is 76.3 Å². The van der Waals surface area contributed by atoms with Crippen LogP contribution < -0.4 is 10.2 Å². The Hall–Kier alpha value is -3.12. The monoisotopic (exact) mass is 408 g/mol. The quantitative estimate of drug-likeness (QED) is 0.687. The first kappa shape index (κ1) is 19.2. The fourth-order valence-electron chi connectivity index (χ4n) is 3.59. The van der Waals surface area contributed by atoms with Gasteiger partial charge < -0.3 is 14.8 Å². The number of halogens is 1. The summed E-state index contributed by atoms with van der Waals surface area (Å²) in [6.45, 7) is 6.34. The van der Waals surface area contributed by atoms with Gasteiger partial charge in [0.1, 0.15) is 5.69 Å². The maximum Gasteiger partial charge on any atom is 0.275 e. The molecule has 0 aliphatic carbocycles. The highest BCUT2D eigenvalue weighted by Gasteiger charge is 2.34. The van der Waals surface area contributed by atoms with Crippen LogP contribution in [0.3, 0.4) is 0 Å². The van der Waals surface area contributed by atoms with Gasteiger partial charge in [-0.1, -0.05) is 11.6 Å². The highest BCUT2D eigenvalue weighted by molar-refractivity contribution is 6.31. The number of nitrogens with zero attached hydrogens (tertiary/aromatic N) is 3. The molecule has 1 atom stereocenters. The Labute approximate surface area is 174 Å². The minimum atomic E-state index is -0.329. The zero-order valence-corrected chi connectivity index (χ0v) is 17.2. The third kappa shape index (κ3) is 3.40. The average Bonchev–Trinajstić information content (AvgIpc) is 3.15. The lowest BCUT2D eigenvalue weighted by molar-refractivity contribution is 0.0942. The zero-order valence-electron chi connectivity index (χ0n) is 16.4. The number of rotatable bonds is 3. The van der Waals surface area contributed by atoms with Gasteiger partial charge in [0.15, 0.2) is 0 Å². The van der Waals surface area contributed by atoms with Crippen LogP contribution in [0, 0.1) is 13.8 Å². The molecule has 1 aromatic carbocycles. The Kier molecular flexibility index (Phi) is 4.88. The van der Waals surface area contributed by atoms with Crippen molar-refractivity contribution in [3.8, 4) is 0 Å². The van der Waals surface area contributed by atoms with E-state index in [1.54, 1.807) is 35.6 Å². The summed E-state index contributed by atoms with van der Waals surface area (Å²) in [6.07, 6.45) is 5.07. The van der Waals surface area contributed by atoms with Crippen LogP contribution in [0.5, 0.6) is 0 Å². The maximum absolute atomic E-state index is 13.3. The fourth-order valence-corrected chi connectivity index (χ4v) is 3.71. The molecule has 0 radical (unpaired) electrons. The van der Waals surface area contributed by atoms with Crippen molar-refractivity contribution in [1.29, 1.82) is 0 Å². The number of anilines is 2. The van der Waals surface area contributed by atoms with E-state index in [0.717, 1.165) is 16.8 Å².